The largest absolute Gasteiger partial charge is 0.377 e. The number of carbonyl (C=O) groups is 1. The number of rotatable bonds is 2. The van der Waals surface area contributed by atoms with Crippen molar-refractivity contribution in [2.24, 2.45) is 0 Å². The smallest absolute Gasteiger partial charge is 0.265 e. The molecule has 0 bridgehead atoms. The molecule has 0 N–H and O–H groups in total. The molecular formula is C10H11Cl2NO2S. The molecule has 0 aromatic carbocycles. The summed E-state index contributed by atoms with van der Waals surface area (Å²) in [6.45, 7) is 1.63. The van der Waals surface area contributed by atoms with E-state index < -0.39 is 0 Å². The maximum absolute atomic E-state index is 12.2. The average Bonchev–Trinajstić information content (AvgIpc) is 2.74. The summed E-state index contributed by atoms with van der Waals surface area (Å²) in [5, 5.41) is 2.32. The SMILES string of the molecule is O=C(c1sccc1Cl)N1CCOCC1CCl. The van der Waals surface area contributed by atoms with Gasteiger partial charge in [0.15, 0.2) is 0 Å². The van der Waals surface area contributed by atoms with E-state index in [9.17, 15) is 4.79 Å². The van der Waals surface area contributed by atoms with Gasteiger partial charge in [0.1, 0.15) is 4.88 Å². The standard InChI is InChI=1S/C10H11Cl2NO2S/c11-5-7-6-15-3-2-13(7)10(14)9-8(12)1-4-16-9/h1,4,7H,2-3,5-6H2. The molecule has 1 atom stereocenters. The molecular weight excluding hydrogens is 269 g/mol. The van der Waals surface area contributed by atoms with Crippen LogP contribution in [0.3, 0.4) is 0 Å². The molecule has 0 saturated carbocycles. The van der Waals surface area contributed by atoms with Gasteiger partial charge in [-0.15, -0.1) is 22.9 Å². The van der Waals surface area contributed by atoms with E-state index in [-0.39, 0.29) is 11.9 Å². The molecule has 0 spiro atoms. The van der Waals surface area contributed by atoms with Crippen LogP contribution in [-0.4, -0.2) is 42.5 Å². The Morgan fingerprint density at radius 3 is 3.12 bits per heavy atom. The fourth-order valence-electron chi connectivity index (χ4n) is 1.63. The quantitative estimate of drug-likeness (QED) is 0.779. The summed E-state index contributed by atoms with van der Waals surface area (Å²) < 4.78 is 5.29. The number of nitrogens with zero attached hydrogens (tertiary/aromatic N) is 1. The van der Waals surface area contributed by atoms with Crippen molar-refractivity contribution in [3.63, 3.8) is 0 Å². The van der Waals surface area contributed by atoms with E-state index in [1.54, 1.807) is 11.0 Å². The van der Waals surface area contributed by atoms with Gasteiger partial charge in [-0.25, -0.2) is 0 Å². The lowest BCUT2D eigenvalue weighted by molar-refractivity contribution is 0.00484. The highest BCUT2D eigenvalue weighted by atomic mass is 35.5. The van der Waals surface area contributed by atoms with Crippen LogP contribution in [0.2, 0.25) is 5.02 Å². The normalized spacial score (nSPS) is 21.1. The topological polar surface area (TPSA) is 29.5 Å². The Balaban J connectivity index is 2.17. The minimum absolute atomic E-state index is 0.0473. The van der Waals surface area contributed by atoms with Crippen molar-refractivity contribution in [2.75, 3.05) is 25.6 Å². The van der Waals surface area contributed by atoms with Crippen molar-refractivity contribution in [3.05, 3.63) is 21.3 Å². The number of alkyl halides is 1. The zero-order chi connectivity index (χ0) is 11.5. The first-order chi connectivity index (χ1) is 7.74. The van der Waals surface area contributed by atoms with Gasteiger partial charge in [-0.3, -0.25) is 4.79 Å². The summed E-state index contributed by atoms with van der Waals surface area (Å²) >= 11 is 13.1. The van der Waals surface area contributed by atoms with Crippen LogP contribution < -0.4 is 0 Å². The molecule has 1 aliphatic rings. The molecule has 88 valence electrons. The van der Waals surface area contributed by atoms with Crippen LogP contribution in [0.5, 0.6) is 0 Å². The maximum Gasteiger partial charge on any atom is 0.265 e. The van der Waals surface area contributed by atoms with Gasteiger partial charge < -0.3 is 9.64 Å². The van der Waals surface area contributed by atoms with E-state index >= 15 is 0 Å². The number of amides is 1. The average molecular weight is 280 g/mol. The molecule has 2 heterocycles. The third-order valence-corrected chi connectivity index (χ3v) is 4.16. The predicted molar refractivity (Wildman–Crippen MR) is 65.7 cm³/mol. The molecule has 1 amide bonds. The van der Waals surface area contributed by atoms with Crippen molar-refractivity contribution < 1.29 is 9.53 Å². The van der Waals surface area contributed by atoms with Crippen molar-refractivity contribution in [1.82, 2.24) is 4.90 Å². The molecule has 0 radical (unpaired) electrons. The Kier molecular flexibility index (Phi) is 4.08. The molecule has 2 rings (SSSR count). The lowest BCUT2D eigenvalue weighted by atomic mass is 10.2. The molecule has 1 aromatic heterocycles. The Bertz CT molecular complexity index is 383. The molecule has 1 unspecified atom stereocenters. The summed E-state index contributed by atoms with van der Waals surface area (Å²) in [6, 6.07) is 1.68. The highest BCUT2D eigenvalue weighted by Gasteiger charge is 2.29. The lowest BCUT2D eigenvalue weighted by Crippen LogP contribution is -2.49. The van der Waals surface area contributed by atoms with Crippen LogP contribution in [0, 0.1) is 0 Å². The molecule has 16 heavy (non-hydrogen) atoms. The van der Waals surface area contributed by atoms with Crippen LogP contribution in [-0.2, 0) is 4.74 Å². The van der Waals surface area contributed by atoms with Gasteiger partial charge in [0.2, 0.25) is 0 Å². The molecule has 1 saturated heterocycles. The minimum atomic E-state index is -0.0546. The van der Waals surface area contributed by atoms with E-state index in [1.165, 1.54) is 11.3 Å². The van der Waals surface area contributed by atoms with Crippen molar-refractivity contribution in [3.8, 4) is 0 Å². The first-order valence-electron chi connectivity index (χ1n) is 4.91. The molecule has 1 aliphatic heterocycles. The van der Waals surface area contributed by atoms with Gasteiger partial charge in [0.25, 0.3) is 5.91 Å². The van der Waals surface area contributed by atoms with Crippen LogP contribution in [0.1, 0.15) is 9.67 Å². The second-order valence-corrected chi connectivity index (χ2v) is 5.11. The van der Waals surface area contributed by atoms with Gasteiger partial charge in [0, 0.05) is 12.4 Å². The van der Waals surface area contributed by atoms with E-state index in [0.29, 0.717) is 35.5 Å². The monoisotopic (exact) mass is 279 g/mol. The summed E-state index contributed by atoms with van der Waals surface area (Å²) in [5.41, 5.74) is 0. The first-order valence-corrected chi connectivity index (χ1v) is 6.71. The fraction of sp³-hybridized carbons (Fsp3) is 0.500. The van der Waals surface area contributed by atoms with E-state index in [2.05, 4.69) is 0 Å². The van der Waals surface area contributed by atoms with Crippen molar-refractivity contribution in [1.29, 1.82) is 0 Å². The summed E-state index contributed by atoms with van der Waals surface area (Å²) in [7, 11) is 0. The highest BCUT2D eigenvalue weighted by molar-refractivity contribution is 7.12. The molecule has 1 fully saturated rings. The maximum atomic E-state index is 12.2. The number of halogens is 2. The van der Waals surface area contributed by atoms with Crippen LogP contribution in [0.4, 0.5) is 0 Å². The summed E-state index contributed by atoms with van der Waals surface area (Å²) in [6.07, 6.45) is 0. The number of carbonyl (C=O) groups excluding carboxylic acids is 1. The van der Waals surface area contributed by atoms with Crippen molar-refractivity contribution >= 4 is 40.4 Å². The van der Waals surface area contributed by atoms with E-state index in [1.807, 2.05) is 5.38 Å². The second-order valence-electron chi connectivity index (χ2n) is 3.48. The fourth-order valence-corrected chi connectivity index (χ4v) is 2.97. The first kappa shape index (κ1) is 12.2. The van der Waals surface area contributed by atoms with E-state index in [0.717, 1.165) is 0 Å². The summed E-state index contributed by atoms with van der Waals surface area (Å²) in [4.78, 5) is 14.5. The van der Waals surface area contributed by atoms with Gasteiger partial charge in [-0.1, -0.05) is 11.6 Å². The molecule has 3 nitrogen and oxygen atoms in total. The number of morpholine rings is 1. The van der Waals surface area contributed by atoms with Crippen LogP contribution in [0.15, 0.2) is 11.4 Å². The number of ether oxygens (including phenoxy) is 1. The zero-order valence-electron chi connectivity index (χ0n) is 8.49. The predicted octanol–water partition coefficient (Wildman–Crippen LogP) is 2.48. The highest BCUT2D eigenvalue weighted by Crippen LogP contribution is 2.25. The van der Waals surface area contributed by atoms with Gasteiger partial charge in [0.05, 0.1) is 24.3 Å². The van der Waals surface area contributed by atoms with Gasteiger partial charge in [-0.05, 0) is 11.4 Å². The van der Waals surface area contributed by atoms with E-state index in [4.69, 9.17) is 27.9 Å². The Labute approximate surface area is 108 Å². The Hall–Kier alpha value is -0.290. The Morgan fingerprint density at radius 1 is 1.69 bits per heavy atom. The Morgan fingerprint density at radius 2 is 2.50 bits per heavy atom. The molecule has 1 aromatic rings. The number of thiophene rings is 1. The third kappa shape index (κ3) is 2.35. The summed E-state index contributed by atoms with van der Waals surface area (Å²) in [5.74, 6) is 0.336. The van der Waals surface area contributed by atoms with Gasteiger partial charge >= 0.3 is 0 Å². The van der Waals surface area contributed by atoms with Gasteiger partial charge in [-0.2, -0.15) is 0 Å². The minimum Gasteiger partial charge on any atom is -0.377 e. The number of hydrogen-bond donors (Lipinski definition) is 0. The van der Waals surface area contributed by atoms with Crippen molar-refractivity contribution in [2.45, 2.75) is 6.04 Å². The van der Waals surface area contributed by atoms with Crippen LogP contribution in [0.25, 0.3) is 0 Å². The molecule has 0 aliphatic carbocycles. The third-order valence-electron chi connectivity index (χ3n) is 2.48. The second kappa shape index (κ2) is 5.36. The number of hydrogen-bond acceptors (Lipinski definition) is 3. The zero-order valence-corrected chi connectivity index (χ0v) is 10.8. The molecule has 6 heteroatoms. The van der Waals surface area contributed by atoms with Crippen LogP contribution >= 0.6 is 34.5 Å². The lowest BCUT2D eigenvalue weighted by Gasteiger charge is -2.34.